The van der Waals surface area contributed by atoms with Crippen LogP contribution in [0.15, 0.2) is 25.3 Å². The van der Waals surface area contributed by atoms with Crippen LogP contribution >= 0.6 is 0 Å². The molecule has 0 aromatic heterocycles. The first-order valence-electron chi connectivity index (χ1n) is 11.0. The Morgan fingerprint density at radius 2 is 0.808 bits per heavy atom. The summed E-state index contributed by atoms with van der Waals surface area (Å²) in [6.07, 6.45) is 21.9. The molecule has 26 heavy (non-hydrogen) atoms. The molecule has 0 aliphatic rings. The fraction of sp³-hybridized carbons (Fsp3) is 0.833. The summed E-state index contributed by atoms with van der Waals surface area (Å²) in [6.45, 7) is 11.1. The first-order chi connectivity index (χ1) is 12.4. The molecule has 0 aromatic rings. The quantitative estimate of drug-likeness (QED) is 0.189. The predicted molar refractivity (Wildman–Crippen MR) is 116 cm³/mol. The number of hydrogen-bond acceptors (Lipinski definition) is 2. The topological polar surface area (TPSA) is 40.5 Å². The molecule has 2 heteroatoms. The zero-order valence-corrected chi connectivity index (χ0v) is 17.8. The highest BCUT2D eigenvalue weighted by molar-refractivity contribution is 4.93. The average molecular weight is 367 g/mol. The third-order valence-electron chi connectivity index (χ3n) is 5.80. The SMILES string of the molecule is C=CCCCCCCCC[C@](C)(O)[C@](C)(O)CCCCCCCCC=C. The number of hydrogen-bond donors (Lipinski definition) is 2. The zero-order valence-electron chi connectivity index (χ0n) is 17.8. The first kappa shape index (κ1) is 25.4. The molecule has 0 spiro atoms. The van der Waals surface area contributed by atoms with Crippen molar-refractivity contribution in [3.8, 4) is 0 Å². The fourth-order valence-electron chi connectivity index (χ4n) is 3.47. The van der Waals surface area contributed by atoms with E-state index in [1.807, 2.05) is 26.0 Å². The van der Waals surface area contributed by atoms with Crippen molar-refractivity contribution in [1.29, 1.82) is 0 Å². The lowest BCUT2D eigenvalue weighted by Crippen LogP contribution is -2.49. The van der Waals surface area contributed by atoms with Crippen LogP contribution in [0, 0.1) is 0 Å². The molecular weight excluding hydrogens is 320 g/mol. The van der Waals surface area contributed by atoms with E-state index in [1.54, 1.807) is 0 Å². The van der Waals surface area contributed by atoms with Crippen LogP contribution in [-0.4, -0.2) is 21.4 Å². The van der Waals surface area contributed by atoms with Crippen molar-refractivity contribution in [3.05, 3.63) is 25.3 Å². The molecule has 0 saturated heterocycles. The second kappa shape index (κ2) is 15.5. The lowest BCUT2D eigenvalue weighted by Gasteiger charge is -2.39. The Bertz CT molecular complexity index is 310. The molecule has 0 rings (SSSR count). The molecule has 0 heterocycles. The highest BCUT2D eigenvalue weighted by Crippen LogP contribution is 2.32. The van der Waals surface area contributed by atoms with E-state index in [0.717, 1.165) is 38.5 Å². The van der Waals surface area contributed by atoms with E-state index >= 15 is 0 Å². The van der Waals surface area contributed by atoms with Gasteiger partial charge in [0.05, 0.1) is 11.2 Å². The van der Waals surface area contributed by atoms with Gasteiger partial charge < -0.3 is 10.2 Å². The molecular formula is C24H46O2. The zero-order chi connectivity index (χ0) is 19.7. The largest absolute Gasteiger partial charge is 0.387 e. The van der Waals surface area contributed by atoms with Gasteiger partial charge in [-0.1, -0.05) is 76.4 Å². The van der Waals surface area contributed by atoms with Gasteiger partial charge in [-0.15, -0.1) is 13.2 Å². The van der Waals surface area contributed by atoms with E-state index < -0.39 is 11.2 Å². The van der Waals surface area contributed by atoms with Crippen LogP contribution < -0.4 is 0 Å². The predicted octanol–water partition coefficient (Wildman–Crippen LogP) is 7.10. The van der Waals surface area contributed by atoms with E-state index in [2.05, 4.69) is 13.2 Å². The molecule has 0 aliphatic carbocycles. The number of rotatable bonds is 19. The van der Waals surface area contributed by atoms with Crippen molar-refractivity contribution < 1.29 is 10.2 Å². The molecule has 154 valence electrons. The van der Waals surface area contributed by atoms with Gasteiger partial charge in [-0.05, 0) is 52.4 Å². The van der Waals surface area contributed by atoms with Crippen molar-refractivity contribution in [2.24, 2.45) is 0 Å². The average Bonchev–Trinajstić information content (AvgIpc) is 2.59. The normalized spacial score (nSPS) is 16.0. The van der Waals surface area contributed by atoms with Crippen LogP contribution in [0.2, 0.25) is 0 Å². The second-order valence-corrected chi connectivity index (χ2v) is 8.45. The smallest absolute Gasteiger partial charge is 0.0902 e. The molecule has 0 radical (unpaired) electrons. The molecule has 0 unspecified atom stereocenters. The number of aliphatic hydroxyl groups is 2. The van der Waals surface area contributed by atoms with Crippen LogP contribution in [0.4, 0.5) is 0 Å². The molecule has 0 bridgehead atoms. The summed E-state index contributed by atoms with van der Waals surface area (Å²) in [5.74, 6) is 0. The minimum atomic E-state index is -0.986. The van der Waals surface area contributed by atoms with Crippen LogP contribution in [0.5, 0.6) is 0 Å². The van der Waals surface area contributed by atoms with Gasteiger partial charge in [0.15, 0.2) is 0 Å². The van der Waals surface area contributed by atoms with E-state index in [9.17, 15) is 10.2 Å². The maximum Gasteiger partial charge on any atom is 0.0902 e. The highest BCUT2D eigenvalue weighted by Gasteiger charge is 2.40. The Labute approximate surface area is 163 Å². The van der Waals surface area contributed by atoms with Gasteiger partial charge in [-0.2, -0.15) is 0 Å². The minimum Gasteiger partial charge on any atom is -0.387 e. The third-order valence-corrected chi connectivity index (χ3v) is 5.80. The summed E-state index contributed by atoms with van der Waals surface area (Å²) >= 11 is 0. The van der Waals surface area contributed by atoms with Gasteiger partial charge in [-0.3, -0.25) is 0 Å². The van der Waals surface area contributed by atoms with Gasteiger partial charge in [-0.25, -0.2) is 0 Å². The van der Waals surface area contributed by atoms with Gasteiger partial charge >= 0.3 is 0 Å². The molecule has 0 saturated carbocycles. The molecule has 0 fully saturated rings. The Morgan fingerprint density at radius 1 is 0.538 bits per heavy atom. The lowest BCUT2D eigenvalue weighted by molar-refractivity contribution is -0.140. The van der Waals surface area contributed by atoms with Crippen LogP contribution in [-0.2, 0) is 0 Å². The Balaban J connectivity index is 3.79. The number of allylic oxidation sites excluding steroid dienone is 2. The standard InChI is InChI=1S/C24H46O2/c1-5-7-9-11-13-15-17-19-21-23(3,25)24(4,26)22-20-18-16-14-12-10-8-6-2/h5-6,25-26H,1-2,7-22H2,3-4H3/t23-,24+. The van der Waals surface area contributed by atoms with E-state index in [-0.39, 0.29) is 0 Å². The Morgan fingerprint density at radius 3 is 1.12 bits per heavy atom. The summed E-state index contributed by atoms with van der Waals surface area (Å²) in [7, 11) is 0. The van der Waals surface area contributed by atoms with Crippen LogP contribution in [0.1, 0.15) is 117 Å². The van der Waals surface area contributed by atoms with Gasteiger partial charge in [0.1, 0.15) is 0 Å². The maximum atomic E-state index is 10.7. The van der Waals surface area contributed by atoms with Crippen molar-refractivity contribution in [2.75, 3.05) is 0 Å². The molecule has 2 nitrogen and oxygen atoms in total. The summed E-state index contributed by atoms with van der Waals surface area (Å²) < 4.78 is 0. The minimum absolute atomic E-state index is 0.689. The molecule has 2 N–H and O–H groups in total. The van der Waals surface area contributed by atoms with Crippen LogP contribution in [0.3, 0.4) is 0 Å². The lowest BCUT2D eigenvalue weighted by atomic mass is 9.78. The fourth-order valence-corrected chi connectivity index (χ4v) is 3.47. The molecule has 2 atom stereocenters. The summed E-state index contributed by atoms with van der Waals surface area (Å²) in [5, 5.41) is 21.5. The van der Waals surface area contributed by atoms with Crippen molar-refractivity contribution in [2.45, 2.75) is 128 Å². The highest BCUT2D eigenvalue weighted by atomic mass is 16.4. The van der Waals surface area contributed by atoms with Crippen molar-refractivity contribution in [1.82, 2.24) is 0 Å². The summed E-state index contributed by atoms with van der Waals surface area (Å²) in [5.41, 5.74) is -1.97. The summed E-state index contributed by atoms with van der Waals surface area (Å²) in [6, 6.07) is 0. The monoisotopic (exact) mass is 366 g/mol. The molecule has 0 aromatic carbocycles. The third kappa shape index (κ3) is 12.7. The van der Waals surface area contributed by atoms with Gasteiger partial charge in [0.2, 0.25) is 0 Å². The van der Waals surface area contributed by atoms with E-state index in [4.69, 9.17) is 0 Å². The van der Waals surface area contributed by atoms with Crippen molar-refractivity contribution >= 4 is 0 Å². The Hall–Kier alpha value is -0.600. The van der Waals surface area contributed by atoms with Crippen LogP contribution in [0.25, 0.3) is 0 Å². The second-order valence-electron chi connectivity index (χ2n) is 8.45. The molecule has 0 amide bonds. The first-order valence-corrected chi connectivity index (χ1v) is 11.0. The number of unbranched alkanes of at least 4 members (excludes halogenated alkanes) is 12. The van der Waals surface area contributed by atoms with Gasteiger partial charge in [0, 0.05) is 0 Å². The Kier molecular flexibility index (Phi) is 15.1. The van der Waals surface area contributed by atoms with Gasteiger partial charge in [0.25, 0.3) is 0 Å². The maximum absolute atomic E-state index is 10.7. The molecule has 0 aliphatic heterocycles. The summed E-state index contributed by atoms with van der Waals surface area (Å²) in [4.78, 5) is 0. The van der Waals surface area contributed by atoms with E-state index in [1.165, 1.54) is 51.4 Å². The van der Waals surface area contributed by atoms with E-state index in [0.29, 0.717) is 12.8 Å². The van der Waals surface area contributed by atoms with Crippen molar-refractivity contribution in [3.63, 3.8) is 0 Å².